The van der Waals surface area contributed by atoms with E-state index < -0.39 is 10.0 Å². The molecule has 0 N–H and O–H groups in total. The second kappa shape index (κ2) is 6.08. The van der Waals surface area contributed by atoms with Crippen molar-refractivity contribution in [3.05, 3.63) is 10.2 Å². The minimum atomic E-state index is -3.45. The van der Waals surface area contributed by atoms with Gasteiger partial charge in [0.2, 0.25) is 0 Å². The number of aryl methyl sites for hydroxylation is 1. The van der Waals surface area contributed by atoms with Crippen LogP contribution < -0.4 is 0 Å². The Balaban J connectivity index is 2.39. The van der Waals surface area contributed by atoms with E-state index in [9.17, 15) is 8.42 Å². The van der Waals surface area contributed by atoms with E-state index >= 15 is 0 Å². The topological polar surface area (TPSA) is 50.3 Å². The van der Waals surface area contributed by atoms with Crippen molar-refractivity contribution in [1.29, 1.82) is 0 Å². The van der Waals surface area contributed by atoms with Crippen molar-refractivity contribution in [2.24, 2.45) is 0 Å². The van der Waals surface area contributed by atoms with E-state index in [1.165, 1.54) is 0 Å². The van der Waals surface area contributed by atoms with Gasteiger partial charge in [0, 0.05) is 12.6 Å². The number of hydrogen-bond acceptors (Lipinski definition) is 4. The van der Waals surface area contributed by atoms with Crippen molar-refractivity contribution in [2.45, 2.75) is 56.2 Å². The predicted molar refractivity (Wildman–Crippen MR) is 78.3 cm³/mol. The normalized spacial score (nSPS) is 22.4. The summed E-state index contributed by atoms with van der Waals surface area (Å²) in [4.78, 5) is 4.02. The molecule has 1 saturated heterocycles. The third kappa shape index (κ3) is 3.12. The molecule has 0 saturated carbocycles. The van der Waals surface area contributed by atoms with Gasteiger partial charge in [0.25, 0.3) is 10.0 Å². The Morgan fingerprint density at radius 1 is 1.42 bits per heavy atom. The summed E-state index contributed by atoms with van der Waals surface area (Å²) in [5.74, 6) is 0. The van der Waals surface area contributed by atoms with Crippen molar-refractivity contribution >= 4 is 33.0 Å². The van der Waals surface area contributed by atoms with Crippen LogP contribution >= 0.6 is 22.9 Å². The van der Waals surface area contributed by atoms with Gasteiger partial charge in [-0.25, -0.2) is 13.4 Å². The summed E-state index contributed by atoms with van der Waals surface area (Å²) < 4.78 is 27.8. The maximum absolute atomic E-state index is 12.8. The highest BCUT2D eigenvalue weighted by molar-refractivity contribution is 7.91. The molecule has 0 bridgehead atoms. The predicted octanol–water partition coefficient (Wildman–Crippen LogP) is 3.45. The Bertz CT molecular complexity index is 542. The van der Waals surface area contributed by atoms with Crippen LogP contribution in [0.3, 0.4) is 0 Å². The summed E-state index contributed by atoms with van der Waals surface area (Å²) in [5.41, 5.74) is 0.508. The minimum Gasteiger partial charge on any atom is -0.229 e. The van der Waals surface area contributed by atoms with Crippen LogP contribution in [-0.2, 0) is 10.0 Å². The second-order valence-corrected chi connectivity index (χ2v) is 8.53. The van der Waals surface area contributed by atoms with Crippen LogP contribution in [0.1, 0.15) is 44.7 Å². The number of hydrogen-bond donors (Lipinski definition) is 0. The van der Waals surface area contributed by atoms with Gasteiger partial charge in [-0.2, -0.15) is 4.31 Å². The molecule has 7 heteroatoms. The summed E-state index contributed by atoms with van der Waals surface area (Å²) in [6, 6.07) is 0.104. The molecule has 0 spiro atoms. The van der Waals surface area contributed by atoms with Crippen LogP contribution in [0, 0.1) is 6.92 Å². The van der Waals surface area contributed by atoms with Gasteiger partial charge >= 0.3 is 0 Å². The van der Waals surface area contributed by atoms with Crippen LogP contribution in [0.5, 0.6) is 0 Å². The molecule has 19 heavy (non-hydrogen) atoms. The molecule has 2 rings (SSSR count). The smallest absolute Gasteiger partial charge is 0.229 e. The Hall–Kier alpha value is -0.170. The van der Waals surface area contributed by atoms with Crippen molar-refractivity contribution in [3.63, 3.8) is 0 Å². The number of rotatable bonds is 3. The molecule has 4 nitrogen and oxygen atoms in total. The SMILES string of the molecule is CCC1CCCCCN1S(=O)(=O)c1sc(Cl)nc1C. The molecule has 0 aromatic carbocycles. The van der Waals surface area contributed by atoms with Gasteiger partial charge in [-0.15, -0.1) is 0 Å². The average Bonchev–Trinajstić information content (AvgIpc) is 2.59. The van der Waals surface area contributed by atoms with Crippen LogP contribution in [0.15, 0.2) is 4.21 Å². The van der Waals surface area contributed by atoms with E-state index in [0.717, 1.165) is 43.4 Å². The zero-order valence-corrected chi connectivity index (χ0v) is 13.6. The molecular formula is C12H19ClN2O2S2. The first-order valence-corrected chi connectivity index (χ1v) is 9.25. The molecule has 0 radical (unpaired) electrons. The highest BCUT2D eigenvalue weighted by atomic mass is 35.5. The number of thiazole rings is 1. The first kappa shape index (κ1) is 15.2. The molecule has 1 atom stereocenters. The summed E-state index contributed by atoms with van der Waals surface area (Å²) in [5, 5.41) is 0. The largest absolute Gasteiger partial charge is 0.254 e. The number of nitrogens with zero attached hydrogens (tertiary/aromatic N) is 2. The first-order chi connectivity index (χ1) is 8.96. The summed E-state index contributed by atoms with van der Waals surface area (Å²) in [6.45, 7) is 4.36. The Morgan fingerprint density at radius 3 is 2.74 bits per heavy atom. The van der Waals surface area contributed by atoms with Crippen LogP contribution in [0.25, 0.3) is 0 Å². The van der Waals surface area contributed by atoms with E-state index in [2.05, 4.69) is 4.98 Å². The third-order valence-corrected chi connectivity index (χ3v) is 7.37. The van der Waals surface area contributed by atoms with Gasteiger partial charge in [0.1, 0.15) is 0 Å². The van der Waals surface area contributed by atoms with Crippen molar-refractivity contribution in [1.82, 2.24) is 9.29 Å². The molecule has 1 fully saturated rings. The number of sulfonamides is 1. The second-order valence-electron chi connectivity index (χ2n) is 4.87. The fourth-order valence-corrected chi connectivity index (χ4v) is 6.19. The molecule has 0 aliphatic carbocycles. The van der Waals surface area contributed by atoms with Crippen molar-refractivity contribution in [2.75, 3.05) is 6.54 Å². The van der Waals surface area contributed by atoms with E-state index in [1.807, 2.05) is 6.92 Å². The number of aromatic nitrogens is 1. The quantitative estimate of drug-likeness (QED) is 0.856. The Morgan fingerprint density at radius 2 is 2.16 bits per heavy atom. The number of halogens is 1. The standard InChI is InChI=1S/C12H19ClN2O2S2/c1-3-10-7-5-4-6-8-15(10)19(16,17)11-9(2)14-12(13)18-11/h10H,3-8H2,1-2H3. The van der Waals surface area contributed by atoms with E-state index in [0.29, 0.717) is 20.9 Å². The molecule has 1 aliphatic heterocycles. The lowest BCUT2D eigenvalue weighted by Crippen LogP contribution is -2.39. The van der Waals surface area contributed by atoms with E-state index in [4.69, 9.17) is 11.6 Å². The molecule has 1 aliphatic rings. The lowest BCUT2D eigenvalue weighted by Gasteiger charge is -2.27. The third-order valence-electron chi connectivity index (χ3n) is 3.57. The van der Waals surface area contributed by atoms with Crippen LogP contribution in [0.2, 0.25) is 4.47 Å². The van der Waals surface area contributed by atoms with Crippen LogP contribution in [-0.4, -0.2) is 30.3 Å². The molecule has 1 aromatic heterocycles. The monoisotopic (exact) mass is 322 g/mol. The Labute approximate surface area is 123 Å². The molecule has 2 heterocycles. The van der Waals surface area contributed by atoms with Crippen molar-refractivity contribution in [3.8, 4) is 0 Å². The zero-order valence-electron chi connectivity index (χ0n) is 11.2. The summed E-state index contributed by atoms with van der Waals surface area (Å²) in [7, 11) is -3.45. The zero-order chi connectivity index (χ0) is 14.0. The fourth-order valence-electron chi connectivity index (χ4n) is 2.57. The van der Waals surface area contributed by atoms with E-state index in [-0.39, 0.29) is 6.04 Å². The molecule has 108 valence electrons. The molecular weight excluding hydrogens is 304 g/mol. The van der Waals surface area contributed by atoms with Crippen molar-refractivity contribution < 1.29 is 8.42 Å². The van der Waals surface area contributed by atoms with E-state index in [1.54, 1.807) is 11.2 Å². The maximum Gasteiger partial charge on any atom is 0.254 e. The lowest BCUT2D eigenvalue weighted by molar-refractivity contribution is 0.315. The summed E-state index contributed by atoms with van der Waals surface area (Å²) in [6.07, 6.45) is 4.94. The van der Waals surface area contributed by atoms with Gasteiger partial charge in [-0.1, -0.05) is 42.7 Å². The first-order valence-electron chi connectivity index (χ1n) is 6.61. The van der Waals surface area contributed by atoms with Gasteiger partial charge in [-0.05, 0) is 26.2 Å². The molecule has 1 aromatic rings. The van der Waals surface area contributed by atoms with Gasteiger partial charge in [0.15, 0.2) is 8.68 Å². The fraction of sp³-hybridized carbons (Fsp3) is 0.750. The molecule has 0 amide bonds. The highest BCUT2D eigenvalue weighted by Crippen LogP contribution is 2.32. The lowest BCUT2D eigenvalue weighted by atomic mass is 10.1. The van der Waals surface area contributed by atoms with Gasteiger partial charge in [-0.3, -0.25) is 0 Å². The average molecular weight is 323 g/mol. The minimum absolute atomic E-state index is 0.104. The highest BCUT2D eigenvalue weighted by Gasteiger charge is 2.34. The molecule has 1 unspecified atom stereocenters. The van der Waals surface area contributed by atoms with Gasteiger partial charge in [0.05, 0.1) is 5.69 Å². The Kier molecular flexibility index (Phi) is 4.87. The van der Waals surface area contributed by atoms with Gasteiger partial charge < -0.3 is 0 Å². The maximum atomic E-state index is 12.8. The summed E-state index contributed by atoms with van der Waals surface area (Å²) >= 11 is 6.90. The van der Waals surface area contributed by atoms with Crippen LogP contribution in [0.4, 0.5) is 0 Å².